The third-order valence-electron chi connectivity index (χ3n) is 3.00. The van der Waals surface area contributed by atoms with Gasteiger partial charge in [-0.15, -0.1) is 0 Å². The Labute approximate surface area is 120 Å². The van der Waals surface area contributed by atoms with Gasteiger partial charge in [-0.25, -0.2) is 13.2 Å². The zero-order chi connectivity index (χ0) is 13.9. The molecule has 0 aromatic heterocycles. The van der Waals surface area contributed by atoms with E-state index in [-0.39, 0.29) is 23.5 Å². The number of sulfone groups is 1. The first-order valence-corrected chi connectivity index (χ1v) is 8.57. The van der Waals surface area contributed by atoms with Crippen LogP contribution in [-0.4, -0.2) is 32.5 Å². The highest BCUT2D eigenvalue weighted by atomic mass is 79.9. The molecule has 19 heavy (non-hydrogen) atoms. The van der Waals surface area contributed by atoms with Crippen molar-refractivity contribution in [3.63, 3.8) is 0 Å². The molecule has 1 fully saturated rings. The van der Waals surface area contributed by atoms with Gasteiger partial charge in [0.25, 0.3) is 0 Å². The van der Waals surface area contributed by atoms with E-state index in [9.17, 15) is 13.2 Å². The molecule has 7 heteroatoms. The average molecular weight is 347 g/mol. The fourth-order valence-electron chi connectivity index (χ4n) is 2.00. The summed E-state index contributed by atoms with van der Waals surface area (Å²) in [5, 5.41) is 5.41. The highest BCUT2D eigenvalue weighted by Gasteiger charge is 2.27. The van der Waals surface area contributed by atoms with Crippen molar-refractivity contribution < 1.29 is 13.2 Å². The number of urea groups is 1. The molecule has 2 rings (SSSR count). The number of para-hydroxylation sites is 1. The molecule has 1 aromatic rings. The summed E-state index contributed by atoms with van der Waals surface area (Å²) in [5.74, 6) is 0.419. The molecule has 1 aliphatic rings. The van der Waals surface area contributed by atoms with Crippen LogP contribution < -0.4 is 10.6 Å². The maximum atomic E-state index is 11.7. The molecule has 104 valence electrons. The summed E-state index contributed by atoms with van der Waals surface area (Å²) in [6.07, 6.45) is 0.623. The van der Waals surface area contributed by atoms with Crippen LogP contribution in [0.2, 0.25) is 0 Å². The van der Waals surface area contributed by atoms with Crippen LogP contribution in [0, 0.1) is 5.92 Å². The van der Waals surface area contributed by atoms with E-state index < -0.39 is 9.84 Å². The van der Waals surface area contributed by atoms with Gasteiger partial charge in [-0.05, 0) is 40.4 Å². The lowest BCUT2D eigenvalue weighted by atomic mass is 10.1. The molecule has 1 aromatic carbocycles. The number of nitrogens with one attached hydrogen (secondary N) is 2. The zero-order valence-corrected chi connectivity index (χ0v) is 12.6. The van der Waals surface area contributed by atoms with Gasteiger partial charge in [0.15, 0.2) is 9.84 Å². The monoisotopic (exact) mass is 346 g/mol. The summed E-state index contributed by atoms with van der Waals surface area (Å²) >= 11 is 3.34. The highest BCUT2D eigenvalue weighted by molar-refractivity contribution is 9.10. The Bertz CT molecular complexity index is 574. The lowest BCUT2D eigenvalue weighted by Gasteiger charge is -2.11. The van der Waals surface area contributed by atoms with E-state index in [0.717, 1.165) is 4.47 Å². The lowest BCUT2D eigenvalue weighted by Crippen LogP contribution is -2.33. The second-order valence-corrected chi connectivity index (χ2v) is 7.67. The van der Waals surface area contributed by atoms with E-state index >= 15 is 0 Å². The van der Waals surface area contributed by atoms with Crippen molar-refractivity contribution in [3.05, 3.63) is 28.7 Å². The summed E-state index contributed by atoms with van der Waals surface area (Å²) in [7, 11) is -2.89. The van der Waals surface area contributed by atoms with Gasteiger partial charge in [-0.2, -0.15) is 0 Å². The Morgan fingerprint density at radius 2 is 2.11 bits per heavy atom. The fraction of sp³-hybridized carbons (Fsp3) is 0.417. The van der Waals surface area contributed by atoms with Crippen LogP contribution in [0.3, 0.4) is 0 Å². The maximum Gasteiger partial charge on any atom is 0.319 e. The van der Waals surface area contributed by atoms with Crippen molar-refractivity contribution in [3.8, 4) is 0 Å². The average Bonchev–Trinajstić information content (AvgIpc) is 2.69. The van der Waals surface area contributed by atoms with Crippen molar-refractivity contribution >= 4 is 37.5 Å². The minimum absolute atomic E-state index is 0.0231. The third-order valence-corrected chi connectivity index (χ3v) is 5.53. The standard InChI is InChI=1S/C12H15BrN2O3S/c13-10-3-1-2-4-11(10)15-12(16)14-7-9-5-6-19(17,18)8-9/h1-4,9H,5-8H2,(H2,14,15,16). The van der Waals surface area contributed by atoms with E-state index in [0.29, 0.717) is 18.7 Å². The quantitative estimate of drug-likeness (QED) is 0.878. The van der Waals surface area contributed by atoms with Gasteiger partial charge < -0.3 is 10.6 Å². The Hall–Kier alpha value is -1.08. The van der Waals surface area contributed by atoms with Crippen LogP contribution in [0.5, 0.6) is 0 Å². The Morgan fingerprint density at radius 1 is 1.37 bits per heavy atom. The van der Waals surface area contributed by atoms with Crippen LogP contribution in [0.25, 0.3) is 0 Å². The Balaban J connectivity index is 1.81. The summed E-state index contributed by atoms with van der Waals surface area (Å²) in [4.78, 5) is 11.7. The third kappa shape index (κ3) is 4.21. The molecule has 2 amide bonds. The second kappa shape index (κ2) is 5.92. The summed E-state index contributed by atoms with van der Waals surface area (Å²) < 4.78 is 23.4. The number of hydrogen-bond acceptors (Lipinski definition) is 3. The first kappa shape index (κ1) is 14.3. The van der Waals surface area contributed by atoms with E-state index in [2.05, 4.69) is 26.6 Å². The van der Waals surface area contributed by atoms with Crippen molar-refractivity contribution in [1.82, 2.24) is 5.32 Å². The van der Waals surface area contributed by atoms with Gasteiger partial charge in [0.05, 0.1) is 17.2 Å². The number of carbonyl (C=O) groups excluding carboxylic acids is 1. The van der Waals surface area contributed by atoms with Crippen LogP contribution in [0.15, 0.2) is 28.7 Å². The zero-order valence-electron chi connectivity index (χ0n) is 10.2. The van der Waals surface area contributed by atoms with Gasteiger partial charge in [0.2, 0.25) is 0 Å². The topological polar surface area (TPSA) is 75.3 Å². The Kier molecular flexibility index (Phi) is 4.46. The highest BCUT2D eigenvalue weighted by Crippen LogP contribution is 2.21. The number of amides is 2. The van der Waals surface area contributed by atoms with Crippen molar-refractivity contribution in [2.75, 3.05) is 23.4 Å². The number of anilines is 1. The molecule has 1 aliphatic heterocycles. The van der Waals surface area contributed by atoms with Crippen molar-refractivity contribution in [1.29, 1.82) is 0 Å². The molecule has 5 nitrogen and oxygen atoms in total. The predicted octanol–water partition coefficient (Wildman–Crippen LogP) is 2.01. The number of carbonyl (C=O) groups is 1. The summed E-state index contributed by atoms with van der Waals surface area (Å²) in [6.45, 7) is 0.384. The summed E-state index contributed by atoms with van der Waals surface area (Å²) in [6, 6.07) is 6.97. The molecule has 0 saturated carbocycles. The SMILES string of the molecule is O=C(NCC1CCS(=O)(=O)C1)Nc1ccccc1Br. The number of benzene rings is 1. The Morgan fingerprint density at radius 3 is 2.74 bits per heavy atom. The molecular formula is C12H15BrN2O3S. The van der Waals surface area contributed by atoms with Gasteiger partial charge in [-0.1, -0.05) is 12.1 Å². The molecule has 0 spiro atoms. The van der Waals surface area contributed by atoms with Gasteiger partial charge in [0, 0.05) is 11.0 Å². The van der Waals surface area contributed by atoms with Gasteiger partial charge in [-0.3, -0.25) is 0 Å². The van der Waals surface area contributed by atoms with E-state index in [1.54, 1.807) is 6.07 Å². The largest absolute Gasteiger partial charge is 0.338 e. The minimum Gasteiger partial charge on any atom is -0.338 e. The molecular weight excluding hydrogens is 332 g/mol. The van der Waals surface area contributed by atoms with Crippen LogP contribution in [0.4, 0.5) is 10.5 Å². The molecule has 2 N–H and O–H groups in total. The fourth-order valence-corrected chi connectivity index (χ4v) is 4.24. The number of rotatable bonds is 3. The smallest absolute Gasteiger partial charge is 0.319 e. The first-order valence-electron chi connectivity index (χ1n) is 5.96. The first-order chi connectivity index (χ1) is 8.96. The number of halogens is 1. The minimum atomic E-state index is -2.89. The van der Waals surface area contributed by atoms with E-state index in [1.165, 1.54) is 0 Å². The lowest BCUT2D eigenvalue weighted by molar-refractivity contribution is 0.250. The van der Waals surface area contributed by atoms with Crippen LogP contribution in [0.1, 0.15) is 6.42 Å². The molecule has 1 saturated heterocycles. The van der Waals surface area contributed by atoms with Crippen molar-refractivity contribution in [2.45, 2.75) is 6.42 Å². The molecule has 0 aliphatic carbocycles. The number of hydrogen-bond donors (Lipinski definition) is 2. The van der Waals surface area contributed by atoms with E-state index in [4.69, 9.17) is 0 Å². The molecule has 0 bridgehead atoms. The molecule has 0 radical (unpaired) electrons. The van der Waals surface area contributed by atoms with Gasteiger partial charge >= 0.3 is 6.03 Å². The van der Waals surface area contributed by atoms with Crippen molar-refractivity contribution in [2.24, 2.45) is 5.92 Å². The normalized spacial score (nSPS) is 21.0. The van der Waals surface area contributed by atoms with Crippen LogP contribution >= 0.6 is 15.9 Å². The maximum absolute atomic E-state index is 11.7. The van der Waals surface area contributed by atoms with E-state index in [1.807, 2.05) is 18.2 Å². The molecule has 1 unspecified atom stereocenters. The van der Waals surface area contributed by atoms with Gasteiger partial charge in [0.1, 0.15) is 0 Å². The van der Waals surface area contributed by atoms with Crippen LogP contribution in [-0.2, 0) is 9.84 Å². The second-order valence-electron chi connectivity index (χ2n) is 4.58. The predicted molar refractivity (Wildman–Crippen MR) is 77.9 cm³/mol. The summed E-state index contributed by atoms with van der Waals surface area (Å²) in [5.41, 5.74) is 0.680. The molecule has 1 heterocycles. The molecule has 1 atom stereocenters.